The van der Waals surface area contributed by atoms with Crippen LogP contribution >= 0.6 is 20.2 Å². The minimum absolute atomic E-state index is 0.456. The zero-order chi connectivity index (χ0) is 15.2. The number of carbonyl (C=O) groups excluding carboxylic acids is 2. The molecule has 14 heteroatoms. The third-order valence-corrected chi connectivity index (χ3v) is 0.652. The molecule has 0 amide bonds. The lowest BCUT2D eigenvalue weighted by Gasteiger charge is -1.72. The summed E-state index contributed by atoms with van der Waals surface area (Å²) in [6.45, 7) is 0. The second-order valence-corrected chi connectivity index (χ2v) is 2.78. The van der Waals surface area contributed by atoms with Gasteiger partial charge in [-0.1, -0.05) is 0 Å². The molecule has 0 spiro atoms. The molecule has 0 saturated heterocycles. The van der Waals surface area contributed by atoms with Gasteiger partial charge < -0.3 is 10.2 Å². The average Bonchev–Trinajstić information content (AvgIpc) is 2.17. The summed E-state index contributed by atoms with van der Waals surface area (Å²) in [5.74, 6) is -3.65. The molecule has 0 heterocycles. The molecule has 0 aliphatic heterocycles. The summed E-state index contributed by atoms with van der Waals surface area (Å²) in [6.07, 6.45) is 2.34. The van der Waals surface area contributed by atoms with Gasteiger partial charge in [0.15, 0.2) is 0 Å². The molecular formula is C4H2F3N2O7PS. The molecule has 102 valence electrons. The lowest BCUT2D eigenvalue weighted by molar-refractivity contribution is -0.159. The molecular weight excluding hydrogens is 308 g/mol. The zero-order valence-electron chi connectivity index (χ0n) is 7.82. The first kappa shape index (κ1) is 21.4. The summed E-state index contributed by atoms with van der Waals surface area (Å²) in [6, 6.07) is 0. The molecule has 0 atom stereocenters. The van der Waals surface area contributed by atoms with Crippen LogP contribution in [-0.4, -0.2) is 34.3 Å². The van der Waals surface area contributed by atoms with E-state index in [-0.39, 0.29) is 0 Å². The van der Waals surface area contributed by atoms with Crippen molar-refractivity contribution in [3.8, 4) is 0 Å². The molecule has 0 rings (SSSR count). The molecule has 0 aromatic heterocycles. The van der Waals surface area contributed by atoms with E-state index in [1.165, 1.54) is 12.2 Å². The maximum Gasteiger partial charge on any atom is 0.591 e. The van der Waals surface area contributed by atoms with E-state index in [9.17, 15) is 22.2 Å². The number of rotatable bonds is 2. The lowest BCUT2D eigenvalue weighted by atomic mass is 10.7. The van der Waals surface area contributed by atoms with Gasteiger partial charge in [0, 0.05) is 0 Å². The molecule has 0 aromatic rings. The van der Waals surface area contributed by atoms with Gasteiger partial charge in [-0.25, -0.2) is 23.7 Å². The van der Waals surface area contributed by atoms with Crippen LogP contribution < -0.4 is 0 Å². The smallest absolute Gasteiger partial charge is 0.473 e. The Morgan fingerprint density at radius 2 is 1.22 bits per heavy atom. The van der Waals surface area contributed by atoms with Gasteiger partial charge in [-0.3, -0.25) is 0 Å². The summed E-state index contributed by atoms with van der Waals surface area (Å²) >= 11 is 0.456. The van der Waals surface area contributed by atoms with Crippen molar-refractivity contribution >= 4 is 44.3 Å². The van der Waals surface area contributed by atoms with Gasteiger partial charge >= 0.3 is 20.0 Å². The Kier molecular flexibility index (Phi) is 15.6. The first-order chi connectivity index (χ1) is 8.06. The largest absolute Gasteiger partial charge is 0.591 e. The topological polar surface area (TPSA) is 151 Å². The Bertz CT molecular complexity index is 377. The summed E-state index contributed by atoms with van der Waals surface area (Å²) in [5, 5.41) is 14.8. The van der Waals surface area contributed by atoms with Crippen molar-refractivity contribution in [2.45, 2.75) is 0 Å². The molecule has 0 aliphatic rings. The number of nitrogens with zero attached hydrogens (tertiary/aromatic N) is 2. The fourth-order valence-electron chi connectivity index (χ4n) is 0.0537. The Hall–Kier alpha value is -1.93. The first-order valence-electron chi connectivity index (χ1n) is 3.02. The van der Waals surface area contributed by atoms with Gasteiger partial charge in [-0.05, 0) is 0 Å². The van der Waals surface area contributed by atoms with Crippen molar-refractivity contribution in [1.29, 1.82) is 0 Å². The SMILES string of the molecule is O=C(O)C(=O)O.O=C=NSN=C=O.O=P(F)(F)F. The van der Waals surface area contributed by atoms with Crippen molar-refractivity contribution in [1.82, 2.24) is 0 Å². The minimum Gasteiger partial charge on any atom is -0.473 e. The molecule has 0 saturated carbocycles. The van der Waals surface area contributed by atoms with Gasteiger partial charge in [0.25, 0.3) is 0 Å². The van der Waals surface area contributed by atoms with Crippen LogP contribution in [0.2, 0.25) is 0 Å². The van der Waals surface area contributed by atoms with Gasteiger partial charge in [-0.15, -0.1) is 21.4 Å². The van der Waals surface area contributed by atoms with Crippen LogP contribution in [0.3, 0.4) is 0 Å². The van der Waals surface area contributed by atoms with Gasteiger partial charge in [0.1, 0.15) is 12.1 Å². The van der Waals surface area contributed by atoms with Crippen molar-refractivity contribution in [2.75, 3.05) is 0 Å². The first-order valence-corrected chi connectivity index (χ1v) is 5.13. The van der Waals surface area contributed by atoms with Crippen molar-refractivity contribution in [3.05, 3.63) is 0 Å². The third-order valence-electron chi connectivity index (χ3n) is 0.339. The molecule has 0 aromatic carbocycles. The van der Waals surface area contributed by atoms with Crippen molar-refractivity contribution < 1.29 is 46.5 Å². The predicted octanol–water partition coefficient (Wildman–Crippen LogP) is 1.38. The second-order valence-electron chi connectivity index (χ2n) is 1.46. The number of aliphatic carboxylic acids is 2. The van der Waals surface area contributed by atoms with Crippen LogP contribution in [0.4, 0.5) is 12.6 Å². The maximum atomic E-state index is 9.91. The van der Waals surface area contributed by atoms with Gasteiger partial charge in [0.2, 0.25) is 12.2 Å². The van der Waals surface area contributed by atoms with Gasteiger partial charge in [-0.2, -0.15) is 0 Å². The summed E-state index contributed by atoms with van der Waals surface area (Å²) in [4.78, 5) is 36.6. The number of carboxylic acids is 2. The van der Waals surface area contributed by atoms with Crippen LogP contribution in [-0.2, 0) is 23.7 Å². The highest BCUT2D eigenvalue weighted by Gasteiger charge is 2.13. The molecule has 0 fully saturated rings. The minimum atomic E-state index is -6.14. The number of isocyanates is 2. The normalized spacial score (nSPS) is 7.94. The maximum absolute atomic E-state index is 9.91. The van der Waals surface area contributed by atoms with E-state index >= 15 is 0 Å². The second kappa shape index (κ2) is 13.1. The summed E-state index contributed by atoms with van der Waals surface area (Å²) in [5.41, 5.74) is 0. The molecule has 0 radical (unpaired) electrons. The van der Waals surface area contributed by atoms with E-state index in [4.69, 9.17) is 24.4 Å². The molecule has 9 nitrogen and oxygen atoms in total. The van der Waals surface area contributed by atoms with Crippen molar-refractivity contribution in [3.63, 3.8) is 0 Å². The van der Waals surface area contributed by atoms with Gasteiger partial charge in [0.05, 0.1) is 0 Å². The molecule has 0 unspecified atom stereocenters. The van der Waals surface area contributed by atoms with E-state index in [0.717, 1.165) is 0 Å². The van der Waals surface area contributed by atoms with Crippen molar-refractivity contribution in [2.24, 2.45) is 8.80 Å². The highest BCUT2D eigenvalue weighted by molar-refractivity contribution is 7.96. The molecule has 2 N–H and O–H groups in total. The molecule has 0 bridgehead atoms. The third kappa shape index (κ3) is 65.2. The zero-order valence-corrected chi connectivity index (χ0v) is 9.53. The molecule has 18 heavy (non-hydrogen) atoms. The highest BCUT2D eigenvalue weighted by Crippen LogP contribution is 2.50. The van der Waals surface area contributed by atoms with E-state index in [0.29, 0.717) is 12.1 Å². The fraction of sp³-hybridized carbons (Fsp3) is 0. The Labute approximate surface area is 100 Å². The van der Waals surface area contributed by atoms with E-state index in [2.05, 4.69) is 8.80 Å². The number of carbonyl (C=O) groups is 2. The summed E-state index contributed by atoms with van der Waals surface area (Å²) in [7, 11) is -6.14. The number of hydrogen-bond donors (Lipinski definition) is 2. The van der Waals surface area contributed by atoms with Crippen LogP contribution in [0.1, 0.15) is 0 Å². The van der Waals surface area contributed by atoms with Crippen LogP contribution in [0.15, 0.2) is 8.80 Å². The average molecular weight is 310 g/mol. The fourth-order valence-corrected chi connectivity index (χ4v) is 0.161. The number of carboxylic acid groups (broad SMARTS) is 2. The van der Waals surface area contributed by atoms with Crippen LogP contribution in [0.5, 0.6) is 0 Å². The van der Waals surface area contributed by atoms with E-state index in [1.54, 1.807) is 0 Å². The Morgan fingerprint density at radius 1 is 1.00 bits per heavy atom. The lowest BCUT2D eigenvalue weighted by Crippen LogP contribution is -2.09. The highest BCUT2D eigenvalue weighted by atomic mass is 32.2. The van der Waals surface area contributed by atoms with Crippen LogP contribution in [0, 0.1) is 0 Å². The monoisotopic (exact) mass is 310 g/mol. The van der Waals surface area contributed by atoms with E-state index < -0.39 is 20.0 Å². The Morgan fingerprint density at radius 3 is 1.33 bits per heavy atom. The Balaban J connectivity index is -0.000000190. The summed E-state index contributed by atoms with van der Waals surface area (Å²) < 4.78 is 43.6. The predicted molar refractivity (Wildman–Crippen MR) is 50.0 cm³/mol. The molecule has 0 aliphatic carbocycles. The standard InChI is InChI=1S/C2N2O2S.C2H2O4.F3OP/c5-1-3-7-4-2-6;3-1(4)2(5)6;1-5(2,3)4/h;(H,3,4)(H,5,6);. The van der Waals surface area contributed by atoms with E-state index in [1.807, 2.05) is 0 Å². The van der Waals surface area contributed by atoms with Crippen LogP contribution in [0.25, 0.3) is 0 Å². The number of hydrogen-bond acceptors (Lipinski definition) is 8. The number of halogens is 3. The quantitative estimate of drug-likeness (QED) is 0.255.